The molecule has 0 bridgehead atoms. The van der Waals surface area contributed by atoms with Crippen molar-refractivity contribution in [3.63, 3.8) is 0 Å². The van der Waals surface area contributed by atoms with E-state index in [4.69, 9.17) is 4.74 Å². The van der Waals surface area contributed by atoms with E-state index in [1.807, 2.05) is 13.0 Å². The Labute approximate surface area is 165 Å². The Kier molecular flexibility index (Phi) is 4.82. The van der Waals surface area contributed by atoms with Gasteiger partial charge in [-0.1, -0.05) is 6.07 Å². The molecule has 1 unspecified atom stereocenters. The third-order valence-electron chi connectivity index (χ3n) is 6.05. The summed E-state index contributed by atoms with van der Waals surface area (Å²) in [6.07, 6.45) is 3.43. The lowest BCUT2D eigenvalue weighted by molar-refractivity contribution is 0.102. The highest BCUT2D eigenvalue weighted by molar-refractivity contribution is 6.04. The average molecular weight is 375 g/mol. The Balaban J connectivity index is 1.59. The average Bonchev–Trinajstić information content (AvgIpc) is 3.10. The molecule has 1 fully saturated rings. The van der Waals surface area contributed by atoms with E-state index in [2.05, 4.69) is 35.3 Å². The van der Waals surface area contributed by atoms with Gasteiger partial charge < -0.3 is 10.1 Å². The van der Waals surface area contributed by atoms with E-state index in [0.717, 1.165) is 31.6 Å². The van der Waals surface area contributed by atoms with Gasteiger partial charge in [-0.15, -0.1) is 0 Å². The van der Waals surface area contributed by atoms with E-state index in [1.165, 1.54) is 17.5 Å². The van der Waals surface area contributed by atoms with Gasteiger partial charge in [0.2, 0.25) is 0 Å². The van der Waals surface area contributed by atoms with Crippen LogP contribution in [0.2, 0.25) is 0 Å². The van der Waals surface area contributed by atoms with Crippen molar-refractivity contribution in [1.82, 2.24) is 4.90 Å². The lowest BCUT2D eigenvalue weighted by Gasteiger charge is -2.41. The molecule has 5 nitrogen and oxygen atoms in total. The van der Waals surface area contributed by atoms with Crippen LogP contribution < -0.4 is 10.1 Å². The second-order valence-electron chi connectivity index (χ2n) is 7.70. The van der Waals surface area contributed by atoms with E-state index >= 15 is 0 Å². The van der Waals surface area contributed by atoms with Crippen molar-refractivity contribution < 1.29 is 9.53 Å². The number of hydrogen-bond donors (Lipinski definition) is 1. The van der Waals surface area contributed by atoms with Crippen molar-refractivity contribution >= 4 is 11.6 Å². The molecule has 144 valence electrons. The number of hydrogen-bond acceptors (Lipinski definition) is 4. The molecule has 2 heterocycles. The van der Waals surface area contributed by atoms with Gasteiger partial charge in [0.25, 0.3) is 5.91 Å². The van der Waals surface area contributed by atoms with E-state index in [-0.39, 0.29) is 11.4 Å². The molecule has 1 N–H and O–H groups in total. The highest BCUT2D eigenvalue weighted by Gasteiger charge is 2.41. The van der Waals surface area contributed by atoms with Crippen molar-refractivity contribution in [3.8, 4) is 11.8 Å². The lowest BCUT2D eigenvalue weighted by atomic mass is 9.81. The Hall–Kier alpha value is -2.84. The van der Waals surface area contributed by atoms with E-state index in [1.54, 1.807) is 18.2 Å². The van der Waals surface area contributed by atoms with Gasteiger partial charge in [0.05, 0.1) is 12.2 Å². The maximum atomic E-state index is 12.8. The van der Waals surface area contributed by atoms with Crippen molar-refractivity contribution in [2.75, 3.05) is 25.0 Å². The zero-order chi connectivity index (χ0) is 19.7. The fraction of sp³-hybridized carbons (Fsp3) is 0.391. The largest absolute Gasteiger partial charge is 0.492 e. The molecule has 1 saturated heterocycles. The quantitative estimate of drug-likeness (QED) is 0.875. The molecule has 1 atom stereocenters. The Bertz CT molecular complexity index is 963. The standard InChI is InChI=1S/C23H25N3O2/c1-3-28-21-8-6-17(13-18(21)15-24)22(27)25-19-7-5-16-9-12-26-11-4-10-23(26,2)20(16)14-19/h5-8,13-14H,3-4,9-12H2,1-2H3,(H,25,27). The number of carbonyl (C=O) groups is 1. The molecule has 2 aliphatic heterocycles. The van der Waals surface area contributed by atoms with E-state index < -0.39 is 0 Å². The number of carbonyl (C=O) groups excluding carboxylic acids is 1. The van der Waals surface area contributed by atoms with Gasteiger partial charge in [-0.3, -0.25) is 9.69 Å². The van der Waals surface area contributed by atoms with Gasteiger partial charge >= 0.3 is 0 Å². The summed E-state index contributed by atoms with van der Waals surface area (Å²) in [5, 5.41) is 12.3. The predicted molar refractivity (Wildman–Crippen MR) is 109 cm³/mol. The molecule has 2 aromatic rings. The minimum atomic E-state index is -0.219. The van der Waals surface area contributed by atoms with Crippen LogP contribution >= 0.6 is 0 Å². The first kappa shape index (κ1) is 18.5. The summed E-state index contributed by atoms with van der Waals surface area (Å²) in [6, 6.07) is 13.3. The first-order valence-electron chi connectivity index (χ1n) is 9.92. The minimum Gasteiger partial charge on any atom is -0.492 e. The SMILES string of the molecule is CCOc1ccc(C(=O)Nc2ccc3c(c2)C2(C)CCCN2CC3)cc1C#N. The topological polar surface area (TPSA) is 65.4 Å². The zero-order valence-electron chi connectivity index (χ0n) is 16.4. The Morgan fingerprint density at radius 1 is 1.29 bits per heavy atom. The number of nitrogens with zero attached hydrogens (tertiary/aromatic N) is 2. The first-order valence-corrected chi connectivity index (χ1v) is 9.92. The minimum absolute atomic E-state index is 0.0709. The molecule has 28 heavy (non-hydrogen) atoms. The van der Waals surface area contributed by atoms with Gasteiger partial charge in [-0.2, -0.15) is 5.26 Å². The summed E-state index contributed by atoms with van der Waals surface area (Å²) in [7, 11) is 0. The maximum absolute atomic E-state index is 12.8. The van der Waals surface area contributed by atoms with Crippen LogP contribution in [0.4, 0.5) is 5.69 Å². The number of amides is 1. The van der Waals surface area contributed by atoms with Gasteiger partial charge in [0.1, 0.15) is 11.8 Å². The smallest absolute Gasteiger partial charge is 0.255 e. The van der Waals surface area contributed by atoms with Crippen molar-refractivity contribution in [2.45, 2.75) is 38.6 Å². The lowest BCUT2D eigenvalue weighted by Crippen LogP contribution is -2.44. The molecular formula is C23H25N3O2. The van der Waals surface area contributed by atoms with Gasteiger partial charge in [0, 0.05) is 23.3 Å². The molecule has 0 aromatic heterocycles. The predicted octanol–water partition coefficient (Wildman–Crippen LogP) is 4.08. The van der Waals surface area contributed by atoms with Crippen molar-refractivity contribution in [1.29, 1.82) is 5.26 Å². The van der Waals surface area contributed by atoms with Gasteiger partial charge in [-0.25, -0.2) is 0 Å². The first-order chi connectivity index (χ1) is 13.5. The number of nitrogens with one attached hydrogen (secondary N) is 1. The van der Waals surface area contributed by atoms with Crippen LogP contribution in [0.5, 0.6) is 5.75 Å². The molecule has 4 rings (SSSR count). The summed E-state index contributed by atoms with van der Waals surface area (Å²) in [5.41, 5.74) is 4.40. The normalized spacial score (nSPS) is 20.8. The third-order valence-corrected chi connectivity index (χ3v) is 6.05. The van der Waals surface area contributed by atoms with Crippen LogP contribution in [-0.2, 0) is 12.0 Å². The van der Waals surface area contributed by atoms with Crippen LogP contribution in [0.3, 0.4) is 0 Å². The highest BCUT2D eigenvalue weighted by atomic mass is 16.5. The molecule has 0 spiro atoms. The molecular weight excluding hydrogens is 350 g/mol. The number of rotatable bonds is 4. The molecule has 1 amide bonds. The number of ether oxygens (including phenoxy) is 1. The second kappa shape index (κ2) is 7.29. The fourth-order valence-electron chi connectivity index (χ4n) is 4.55. The van der Waals surface area contributed by atoms with Crippen molar-refractivity contribution in [2.24, 2.45) is 0 Å². The molecule has 5 heteroatoms. The summed E-state index contributed by atoms with van der Waals surface area (Å²) < 4.78 is 5.44. The summed E-state index contributed by atoms with van der Waals surface area (Å²) in [5.74, 6) is 0.285. The molecule has 2 aliphatic rings. The summed E-state index contributed by atoms with van der Waals surface area (Å²) in [4.78, 5) is 15.3. The van der Waals surface area contributed by atoms with Crippen LogP contribution in [0.15, 0.2) is 36.4 Å². The summed E-state index contributed by atoms with van der Waals surface area (Å²) >= 11 is 0. The number of fused-ring (bicyclic) bond motifs is 3. The number of nitriles is 1. The van der Waals surface area contributed by atoms with Crippen LogP contribution in [0.1, 0.15) is 53.7 Å². The molecule has 0 aliphatic carbocycles. The molecule has 0 saturated carbocycles. The molecule has 0 radical (unpaired) electrons. The fourth-order valence-corrected chi connectivity index (χ4v) is 4.55. The second-order valence-corrected chi connectivity index (χ2v) is 7.70. The van der Waals surface area contributed by atoms with Crippen LogP contribution in [0, 0.1) is 11.3 Å². The third kappa shape index (κ3) is 3.14. The van der Waals surface area contributed by atoms with Crippen LogP contribution in [0.25, 0.3) is 0 Å². The van der Waals surface area contributed by atoms with Crippen molar-refractivity contribution in [3.05, 3.63) is 58.7 Å². The maximum Gasteiger partial charge on any atom is 0.255 e. The van der Waals surface area contributed by atoms with E-state index in [0.29, 0.717) is 23.5 Å². The number of anilines is 1. The van der Waals surface area contributed by atoms with Gasteiger partial charge in [0.15, 0.2) is 0 Å². The van der Waals surface area contributed by atoms with E-state index in [9.17, 15) is 10.1 Å². The Morgan fingerprint density at radius 2 is 2.14 bits per heavy atom. The Morgan fingerprint density at radius 3 is 2.93 bits per heavy atom. The van der Waals surface area contributed by atoms with Gasteiger partial charge in [-0.05, 0) is 81.1 Å². The van der Waals surface area contributed by atoms with Crippen LogP contribution in [-0.4, -0.2) is 30.5 Å². The monoisotopic (exact) mass is 375 g/mol. The highest BCUT2D eigenvalue weighted by Crippen LogP contribution is 2.43. The zero-order valence-corrected chi connectivity index (χ0v) is 16.4. The number of benzene rings is 2. The summed E-state index contributed by atoms with van der Waals surface area (Å²) in [6.45, 7) is 6.91. The molecule has 2 aromatic carbocycles.